The van der Waals surface area contributed by atoms with E-state index < -0.39 is 10.0 Å². The number of aromatic nitrogens is 1. The van der Waals surface area contributed by atoms with E-state index in [9.17, 15) is 8.42 Å². The van der Waals surface area contributed by atoms with Gasteiger partial charge in [0.1, 0.15) is 4.90 Å². The van der Waals surface area contributed by atoms with Gasteiger partial charge in [0.2, 0.25) is 10.0 Å². The Labute approximate surface area is 167 Å². The minimum absolute atomic E-state index is 0.0484. The quantitative estimate of drug-likeness (QED) is 0.547. The zero-order valence-corrected chi connectivity index (χ0v) is 17.0. The van der Waals surface area contributed by atoms with Crippen LogP contribution in [0, 0.1) is 6.92 Å². The summed E-state index contributed by atoms with van der Waals surface area (Å²) in [7, 11) is -3.84. The number of sulfonamides is 1. The first-order chi connectivity index (χ1) is 12.4. The van der Waals surface area contributed by atoms with Crippen LogP contribution in [0.2, 0.25) is 10.0 Å². The number of benzene rings is 1. The number of pyridine rings is 1. The maximum absolute atomic E-state index is 13.3. The van der Waals surface area contributed by atoms with Crippen molar-refractivity contribution in [2.45, 2.75) is 24.9 Å². The van der Waals surface area contributed by atoms with E-state index >= 15 is 0 Å². The lowest BCUT2D eigenvalue weighted by Crippen LogP contribution is -2.30. The van der Waals surface area contributed by atoms with E-state index in [2.05, 4.69) is 4.98 Å². The Kier molecular flexibility index (Phi) is 5.99. The minimum Gasteiger partial charge on any atom is -0.260 e. The monoisotopic (exact) mass is 426 g/mol. The van der Waals surface area contributed by atoms with Gasteiger partial charge in [-0.25, -0.2) is 8.42 Å². The maximum Gasteiger partial charge on any atom is 0.245 e. The molecule has 0 atom stereocenters. The normalized spacial score (nSPS) is 11.8. The van der Waals surface area contributed by atoms with Crippen LogP contribution in [0.3, 0.4) is 0 Å². The van der Waals surface area contributed by atoms with Gasteiger partial charge in [0.25, 0.3) is 0 Å². The third kappa shape index (κ3) is 4.27. The first-order valence-corrected chi connectivity index (χ1v) is 10.9. The van der Waals surface area contributed by atoms with E-state index in [-0.39, 0.29) is 23.0 Å². The molecule has 2 aromatic heterocycles. The molecule has 0 amide bonds. The minimum atomic E-state index is -3.84. The van der Waals surface area contributed by atoms with Gasteiger partial charge in [-0.1, -0.05) is 29.3 Å². The van der Waals surface area contributed by atoms with E-state index in [1.807, 2.05) is 22.9 Å². The fraction of sp³-hybridized carbons (Fsp3) is 0.167. The predicted molar refractivity (Wildman–Crippen MR) is 106 cm³/mol. The second-order valence-corrected chi connectivity index (χ2v) is 9.26. The molecule has 8 heteroatoms. The highest BCUT2D eigenvalue weighted by molar-refractivity contribution is 7.89. The van der Waals surface area contributed by atoms with Crippen molar-refractivity contribution in [3.63, 3.8) is 0 Å². The van der Waals surface area contributed by atoms with E-state index in [0.717, 1.165) is 5.56 Å². The molecule has 0 bridgehead atoms. The summed E-state index contributed by atoms with van der Waals surface area (Å²) in [4.78, 5) is 4.30. The van der Waals surface area contributed by atoms with Crippen molar-refractivity contribution in [1.29, 1.82) is 0 Å². The second-order valence-electron chi connectivity index (χ2n) is 5.76. The summed E-state index contributed by atoms with van der Waals surface area (Å²) in [5.41, 5.74) is 2.23. The summed E-state index contributed by atoms with van der Waals surface area (Å²) in [6.45, 7) is 2.14. The van der Waals surface area contributed by atoms with E-state index in [0.29, 0.717) is 16.3 Å². The van der Waals surface area contributed by atoms with Crippen molar-refractivity contribution < 1.29 is 8.42 Å². The van der Waals surface area contributed by atoms with Crippen LogP contribution in [-0.2, 0) is 23.1 Å². The van der Waals surface area contributed by atoms with Gasteiger partial charge in [-0.3, -0.25) is 4.98 Å². The first-order valence-electron chi connectivity index (χ1n) is 7.74. The van der Waals surface area contributed by atoms with Gasteiger partial charge in [0.05, 0.1) is 17.3 Å². The van der Waals surface area contributed by atoms with Crippen LogP contribution in [0.5, 0.6) is 0 Å². The molecule has 0 fully saturated rings. The maximum atomic E-state index is 13.3. The van der Waals surface area contributed by atoms with Crippen molar-refractivity contribution in [3.05, 3.63) is 80.2 Å². The lowest BCUT2D eigenvalue weighted by Gasteiger charge is -2.22. The van der Waals surface area contributed by atoms with Gasteiger partial charge in [-0.05, 0) is 59.1 Å². The van der Waals surface area contributed by atoms with Crippen molar-refractivity contribution in [3.8, 4) is 0 Å². The van der Waals surface area contributed by atoms with Gasteiger partial charge >= 0.3 is 0 Å². The van der Waals surface area contributed by atoms with Gasteiger partial charge in [-0.2, -0.15) is 15.6 Å². The molecule has 26 heavy (non-hydrogen) atoms. The molecule has 4 nitrogen and oxygen atoms in total. The number of aryl methyl sites for hydroxylation is 1. The summed E-state index contributed by atoms with van der Waals surface area (Å²) in [5, 5.41) is 4.38. The first kappa shape index (κ1) is 19.3. The molecule has 2 heterocycles. The van der Waals surface area contributed by atoms with Gasteiger partial charge in [0.15, 0.2) is 0 Å². The average Bonchev–Trinajstić information content (AvgIpc) is 3.11. The van der Waals surface area contributed by atoms with Crippen LogP contribution in [0.1, 0.15) is 16.8 Å². The number of thiophene rings is 1. The zero-order valence-electron chi connectivity index (χ0n) is 13.9. The third-order valence-electron chi connectivity index (χ3n) is 3.83. The predicted octanol–water partition coefficient (Wildman–Crippen LogP) is 5.15. The SMILES string of the molecule is Cc1cc(S(=O)(=O)N(Cc2ccsc2)Cc2ccccn2)c(Cl)cc1Cl. The van der Waals surface area contributed by atoms with Crippen LogP contribution in [0.15, 0.2) is 58.3 Å². The standard InChI is InChI=1S/C18H16Cl2N2O2S2/c1-13-8-18(17(20)9-16(13)19)26(23,24)22(10-14-5-7-25-12-14)11-15-4-2-3-6-21-15/h2-9,12H,10-11H2,1H3. The second kappa shape index (κ2) is 8.06. The van der Waals surface area contributed by atoms with E-state index in [4.69, 9.17) is 23.2 Å². The van der Waals surface area contributed by atoms with Crippen LogP contribution in [0.4, 0.5) is 0 Å². The Balaban J connectivity index is 2.03. The van der Waals surface area contributed by atoms with Crippen LogP contribution in [-0.4, -0.2) is 17.7 Å². The molecular weight excluding hydrogens is 411 g/mol. The molecule has 0 radical (unpaired) electrons. The summed E-state index contributed by atoms with van der Waals surface area (Å²) in [6, 6.07) is 10.3. The molecule has 0 unspecified atom stereocenters. The van der Waals surface area contributed by atoms with Crippen molar-refractivity contribution in [1.82, 2.24) is 9.29 Å². The van der Waals surface area contributed by atoms with Crippen molar-refractivity contribution in [2.24, 2.45) is 0 Å². The highest BCUT2D eigenvalue weighted by atomic mass is 35.5. The summed E-state index contributed by atoms with van der Waals surface area (Å²) in [5.74, 6) is 0. The molecule has 0 spiro atoms. The highest BCUT2D eigenvalue weighted by Gasteiger charge is 2.28. The molecule has 0 saturated carbocycles. The molecule has 1 aromatic carbocycles. The lowest BCUT2D eigenvalue weighted by atomic mass is 10.2. The molecule has 0 N–H and O–H groups in total. The number of hydrogen-bond donors (Lipinski definition) is 0. The van der Waals surface area contributed by atoms with Gasteiger partial charge in [0, 0.05) is 17.8 Å². The topological polar surface area (TPSA) is 50.3 Å². The highest BCUT2D eigenvalue weighted by Crippen LogP contribution is 2.31. The fourth-order valence-corrected chi connectivity index (χ4v) is 5.32. The fourth-order valence-electron chi connectivity index (χ4n) is 2.45. The molecule has 136 valence electrons. The van der Waals surface area contributed by atoms with Crippen molar-refractivity contribution in [2.75, 3.05) is 0 Å². The molecule has 0 aliphatic rings. The van der Waals surface area contributed by atoms with Crippen LogP contribution >= 0.6 is 34.5 Å². The van der Waals surface area contributed by atoms with Gasteiger partial charge < -0.3 is 0 Å². The molecule has 3 aromatic rings. The summed E-state index contributed by atoms with van der Waals surface area (Å²) in [6.07, 6.45) is 1.64. The Morgan fingerprint density at radius 3 is 2.58 bits per heavy atom. The third-order valence-corrected chi connectivity index (χ3v) is 7.23. The Hall–Kier alpha value is -1.44. The number of hydrogen-bond acceptors (Lipinski definition) is 4. The Morgan fingerprint density at radius 2 is 1.92 bits per heavy atom. The van der Waals surface area contributed by atoms with Crippen molar-refractivity contribution >= 4 is 44.6 Å². The molecule has 0 aliphatic carbocycles. The summed E-state index contributed by atoms with van der Waals surface area (Å²) < 4.78 is 28.0. The lowest BCUT2D eigenvalue weighted by molar-refractivity contribution is 0.397. The molecular formula is C18H16Cl2N2O2S2. The molecule has 3 rings (SSSR count). The molecule has 0 saturated heterocycles. The Bertz CT molecular complexity index is 992. The average molecular weight is 427 g/mol. The van der Waals surface area contributed by atoms with E-state index in [1.165, 1.54) is 27.8 Å². The number of halogens is 2. The molecule has 0 aliphatic heterocycles. The van der Waals surface area contributed by atoms with Crippen LogP contribution < -0.4 is 0 Å². The van der Waals surface area contributed by atoms with Crippen LogP contribution in [0.25, 0.3) is 0 Å². The van der Waals surface area contributed by atoms with E-state index in [1.54, 1.807) is 25.3 Å². The largest absolute Gasteiger partial charge is 0.260 e. The summed E-state index contributed by atoms with van der Waals surface area (Å²) >= 11 is 13.8. The van der Waals surface area contributed by atoms with Gasteiger partial charge in [-0.15, -0.1) is 0 Å². The Morgan fingerprint density at radius 1 is 1.12 bits per heavy atom. The smallest absolute Gasteiger partial charge is 0.245 e. The number of rotatable bonds is 6. The zero-order chi connectivity index (χ0) is 18.7. The number of nitrogens with zero attached hydrogens (tertiary/aromatic N) is 2.